The number of benzene rings is 2. The number of likely N-dealkylation sites (N-methyl/N-ethyl adjacent to an activating group) is 1. The molecule has 11 heteroatoms. The van der Waals surface area contributed by atoms with Crippen molar-refractivity contribution in [1.29, 1.82) is 0 Å². The molecular weight excluding hydrogens is 440 g/mol. The van der Waals surface area contributed by atoms with Gasteiger partial charge in [-0.15, -0.1) is 0 Å². The van der Waals surface area contributed by atoms with Crippen molar-refractivity contribution in [1.82, 2.24) is 10.2 Å². The van der Waals surface area contributed by atoms with Gasteiger partial charge in [0.1, 0.15) is 0 Å². The van der Waals surface area contributed by atoms with Gasteiger partial charge >= 0.3 is 0 Å². The molecule has 2 rings (SSSR count). The standard InChI is InChI=1S/C20H28N4O5S2/c1-24(14-12-16-4-8-18(9-5-16)22-30(2,26)27)15-13-21-20(25)17-6-10-19(11-7-17)23-31(3,28)29/h4-11,22-23H,12-15H2,1-3H3,(H,21,25). The molecule has 0 radical (unpaired) electrons. The molecule has 0 spiro atoms. The molecule has 0 aromatic heterocycles. The van der Waals surface area contributed by atoms with E-state index in [0.717, 1.165) is 31.0 Å². The second kappa shape index (κ2) is 10.6. The number of sulfonamides is 2. The van der Waals surface area contributed by atoms with E-state index in [1.54, 1.807) is 36.4 Å². The topological polar surface area (TPSA) is 125 Å². The molecule has 0 atom stereocenters. The van der Waals surface area contributed by atoms with Crippen LogP contribution in [-0.2, 0) is 26.5 Å². The molecule has 0 aliphatic rings. The van der Waals surface area contributed by atoms with Crippen LogP contribution in [0.1, 0.15) is 15.9 Å². The fourth-order valence-corrected chi connectivity index (χ4v) is 3.88. The molecule has 0 saturated heterocycles. The lowest BCUT2D eigenvalue weighted by Gasteiger charge is -2.17. The third-order valence-corrected chi connectivity index (χ3v) is 5.48. The van der Waals surface area contributed by atoms with Gasteiger partial charge in [0.15, 0.2) is 0 Å². The number of carbonyl (C=O) groups excluding carboxylic acids is 1. The SMILES string of the molecule is CN(CCNC(=O)c1ccc(NS(C)(=O)=O)cc1)CCc1ccc(NS(C)(=O)=O)cc1. The summed E-state index contributed by atoms with van der Waals surface area (Å²) in [5, 5.41) is 2.84. The van der Waals surface area contributed by atoms with E-state index < -0.39 is 20.0 Å². The van der Waals surface area contributed by atoms with Crippen LogP contribution < -0.4 is 14.8 Å². The molecule has 1 amide bonds. The van der Waals surface area contributed by atoms with E-state index in [-0.39, 0.29) is 5.91 Å². The van der Waals surface area contributed by atoms with Crippen LogP contribution in [0.15, 0.2) is 48.5 Å². The van der Waals surface area contributed by atoms with Crippen LogP contribution in [0.2, 0.25) is 0 Å². The molecule has 0 fully saturated rings. The minimum Gasteiger partial charge on any atom is -0.351 e. The normalized spacial score (nSPS) is 11.9. The number of carbonyl (C=O) groups is 1. The van der Waals surface area contributed by atoms with Gasteiger partial charge in [-0.3, -0.25) is 14.2 Å². The molecule has 170 valence electrons. The van der Waals surface area contributed by atoms with Crippen molar-refractivity contribution < 1.29 is 21.6 Å². The molecule has 0 aliphatic carbocycles. The number of rotatable bonds is 11. The Labute approximate surface area is 184 Å². The molecule has 9 nitrogen and oxygen atoms in total. The van der Waals surface area contributed by atoms with Gasteiger partial charge < -0.3 is 10.2 Å². The average molecular weight is 469 g/mol. The summed E-state index contributed by atoms with van der Waals surface area (Å²) in [6, 6.07) is 13.4. The Morgan fingerprint density at radius 2 is 1.29 bits per heavy atom. The van der Waals surface area contributed by atoms with Crippen molar-refractivity contribution >= 4 is 37.3 Å². The molecule has 0 saturated carbocycles. The Morgan fingerprint density at radius 3 is 1.77 bits per heavy atom. The largest absolute Gasteiger partial charge is 0.351 e. The number of nitrogens with one attached hydrogen (secondary N) is 3. The summed E-state index contributed by atoms with van der Waals surface area (Å²) in [4.78, 5) is 14.3. The van der Waals surface area contributed by atoms with E-state index in [1.807, 2.05) is 19.2 Å². The zero-order valence-electron chi connectivity index (χ0n) is 17.8. The molecule has 0 bridgehead atoms. The van der Waals surface area contributed by atoms with E-state index in [2.05, 4.69) is 19.7 Å². The van der Waals surface area contributed by atoms with Crippen LogP contribution in [0, 0.1) is 0 Å². The third kappa shape index (κ3) is 9.81. The molecular formula is C20H28N4O5S2. The number of nitrogens with zero attached hydrogens (tertiary/aromatic N) is 1. The van der Waals surface area contributed by atoms with Gasteiger partial charge in [-0.2, -0.15) is 0 Å². The number of anilines is 2. The Balaban J connectivity index is 1.72. The van der Waals surface area contributed by atoms with Gasteiger partial charge in [-0.25, -0.2) is 16.8 Å². The lowest BCUT2D eigenvalue weighted by molar-refractivity contribution is 0.0950. The number of hydrogen-bond donors (Lipinski definition) is 3. The molecule has 2 aromatic carbocycles. The number of hydrogen-bond acceptors (Lipinski definition) is 6. The molecule has 0 heterocycles. The Hall–Kier alpha value is -2.63. The van der Waals surface area contributed by atoms with Crippen LogP contribution in [-0.4, -0.2) is 66.8 Å². The quantitative estimate of drug-likeness (QED) is 0.457. The summed E-state index contributed by atoms with van der Waals surface area (Å²) in [6.07, 6.45) is 2.97. The van der Waals surface area contributed by atoms with Crippen molar-refractivity contribution in [2.75, 3.05) is 48.6 Å². The lowest BCUT2D eigenvalue weighted by Crippen LogP contribution is -2.33. The van der Waals surface area contributed by atoms with E-state index >= 15 is 0 Å². The van der Waals surface area contributed by atoms with Crippen LogP contribution in [0.5, 0.6) is 0 Å². The van der Waals surface area contributed by atoms with Crippen LogP contribution in [0.3, 0.4) is 0 Å². The van der Waals surface area contributed by atoms with Crippen molar-refractivity contribution in [2.24, 2.45) is 0 Å². The first-order valence-corrected chi connectivity index (χ1v) is 13.3. The first-order valence-electron chi connectivity index (χ1n) is 9.53. The maximum Gasteiger partial charge on any atom is 0.251 e. The van der Waals surface area contributed by atoms with Gasteiger partial charge in [0.2, 0.25) is 20.0 Å². The second-order valence-electron chi connectivity index (χ2n) is 7.33. The highest BCUT2D eigenvalue weighted by Crippen LogP contribution is 2.12. The first kappa shape index (κ1) is 24.6. The fraction of sp³-hybridized carbons (Fsp3) is 0.350. The predicted molar refractivity (Wildman–Crippen MR) is 123 cm³/mol. The van der Waals surface area contributed by atoms with Gasteiger partial charge in [-0.05, 0) is 55.4 Å². The summed E-state index contributed by atoms with van der Waals surface area (Å²) in [7, 11) is -4.68. The van der Waals surface area contributed by atoms with E-state index in [1.165, 1.54) is 0 Å². The summed E-state index contributed by atoms with van der Waals surface area (Å²) in [6.45, 7) is 1.91. The molecule has 31 heavy (non-hydrogen) atoms. The number of amides is 1. The summed E-state index contributed by atoms with van der Waals surface area (Å²) in [5.74, 6) is -0.228. The van der Waals surface area contributed by atoms with Gasteiger partial charge in [-0.1, -0.05) is 12.1 Å². The Morgan fingerprint density at radius 1 is 0.806 bits per heavy atom. The highest BCUT2D eigenvalue weighted by molar-refractivity contribution is 7.92. The lowest BCUT2D eigenvalue weighted by atomic mass is 10.1. The van der Waals surface area contributed by atoms with E-state index in [4.69, 9.17) is 0 Å². The average Bonchev–Trinajstić information content (AvgIpc) is 2.65. The maximum atomic E-state index is 12.2. The van der Waals surface area contributed by atoms with Crippen LogP contribution >= 0.6 is 0 Å². The zero-order valence-corrected chi connectivity index (χ0v) is 19.4. The summed E-state index contributed by atoms with van der Waals surface area (Å²) < 4.78 is 49.7. The molecule has 3 N–H and O–H groups in total. The smallest absolute Gasteiger partial charge is 0.251 e. The first-order chi connectivity index (χ1) is 14.4. The van der Waals surface area contributed by atoms with Crippen molar-refractivity contribution in [3.8, 4) is 0 Å². The minimum atomic E-state index is -3.35. The van der Waals surface area contributed by atoms with Crippen molar-refractivity contribution in [2.45, 2.75) is 6.42 Å². The van der Waals surface area contributed by atoms with Gasteiger partial charge in [0, 0.05) is 36.6 Å². The molecule has 2 aromatic rings. The van der Waals surface area contributed by atoms with Gasteiger partial charge in [0.05, 0.1) is 12.5 Å². The summed E-state index contributed by atoms with van der Waals surface area (Å²) in [5.41, 5.74) is 2.46. The van der Waals surface area contributed by atoms with E-state index in [0.29, 0.717) is 30.0 Å². The highest BCUT2D eigenvalue weighted by Gasteiger charge is 2.08. The van der Waals surface area contributed by atoms with E-state index in [9.17, 15) is 21.6 Å². The monoisotopic (exact) mass is 468 g/mol. The van der Waals surface area contributed by atoms with Crippen LogP contribution in [0.4, 0.5) is 11.4 Å². The third-order valence-electron chi connectivity index (χ3n) is 4.27. The van der Waals surface area contributed by atoms with Crippen molar-refractivity contribution in [3.05, 3.63) is 59.7 Å². The van der Waals surface area contributed by atoms with Gasteiger partial charge in [0.25, 0.3) is 5.91 Å². The Bertz CT molecular complexity index is 1080. The molecule has 0 aliphatic heterocycles. The fourth-order valence-electron chi connectivity index (χ4n) is 2.75. The summed E-state index contributed by atoms with van der Waals surface area (Å²) >= 11 is 0. The maximum absolute atomic E-state index is 12.2. The highest BCUT2D eigenvalue weighted by atomic mass is 32.2. The molecule has 0 unspecified atom stereocenters. The minimum absolute atomic E-state index is 0.228. The Kier molecular flexibility index (Phi) is 8.43. The zero-order chi connectivity index (χ0) is 23.1. The second-order valence-corrected chi connectivity index (χ2v) is 10.8. The van der Waals surface area contributed by atoms with Crippen LogP contribution in [0.25, 0.3) is 0 Å². The predicted octanol–water partition coefficient (Wildman–Crippen LogP) is 1.33. The van der Waals surface area contributed by atoms with Crippen molar-refractivity contribution in [3.63, 3.8) is 0 Å².